The number of piperidine rings is 1. The summed E-state index contributed by atoms with van der Waals surface area (Å²) in [7, 11) is 0. The normalized spacial score (nSPS) is 28.4. The highest BCUT2D eigenvalue weighted by atomic mass is 19.1. The second-order valence-corrected chi connectivity index (χ2v) is 7.93. The summed E-state index contributed by atoms with van der Waals surface area (Å²) in [5, 5.41) is 11.8. The van der Waals surface area contributed by atoms with Crippen molar-refractivity contribution in [1.82, 2.24) is 10.3 Å². The number of alkyl halides is 1. The van der Waals surface area contributed by atoms with E-state index in [1.165, 1.54) is 12.3 Å². The first-order valence-electron chi connectivity index (χ1n) is 10.1. The first-order chi connectivity index (χ1) is 14.6. The molecule has 1 N–H and O–H groups in total. The number of pyridine rings is 1. The van der Waals surface area contributed by atoms with Crippen LogP contribution >= 0.6 is 0 Å². The SMILES string of the molecule is N#Cc1ccc(/C=C/C(=O)C2C(=O)NC3CCC(F)CC3C2c2ccccc2)cn1. The van der Waals surface area contributed by atoms with E-state index in [1.54, 1.807) is 18.2 Å². The molecule has 4 rings (SSSR count). The van der Waals surface area contributed by atoms with Crippen LogP contribution in [0.25, 0.3) is 6.08 Å². The second kappa shape index (κ2) is 8.58. The number of nitrogens with zero attached hydrogens (tertiary/aromatic N) is 2. The minimum absolute atomic E-state index is 0.106. The predicted octanol–water partition coefficient (Wildman–Crippen LogP) is 3.57. The van der Waals surface area contributed by atoms with E-state index in [4.69, 9.17) is 5.26 Å². The van der Waals surface area contributed by atoms with Gasteiger partial charge in [0, 0.05) is 18.2 Å². The molecule has 1 aliphatic carbocycles. The van der Waals surface area contributed by atoms with Crippen LogP contribution in [0.15, 0.2) is 54.7 Å². The molecule has 1 saturated carbocycles. The highest BCUT2D eigenvalue weighted by Gasteiger charge is 2.49. The number of nitriles is 1. The van der Waals surface area contributed by atoms with E-state index in [2.05, 4.69) is 10.3 Å². The molecule has 6 heteroatoms. The third kappa shape index (κ3) is 4.02. The first kappa shape index (κ1) is 20.0. The second-order valence-electron chi connectivity index (χ2n) is 7.93. The van der Waals surface area contributed by atoms with Gasteiger partial charge in [-0.2, -0.15) is 5.26 Å². The van der Waals surface area contributed by atoms with Gasteiger partial charge in [-0.3, -0.25) is 9.59 Å². The Labute approximate surface area is 174 Å². The summed E-state index contributed by atoms with van der Waals surface area (Å²) in [6.07, 6.45) is 4.95. The number of hydrogen-bond donors (Lipinski definition) is 1. The smallest absolute Gasteiger partial charge is 0.231 e. The summed E-state index contributed by atoms with van der Waals surface area (Å²) in [6.45, 7) is 0. The van der Waals surface area contributed by atoms with Gasteiger partial charge in [0.1, 0.15) is 23.9 Å². The van der Waals surface area contributed by atoms with E-state index >= 15 is 0 Å². The molecule has 152 valence electrons. The third-order valence-electron chi connectivity index (χ3n) is 6.10. The monoisotopic (exact) mass is 403 g/mol. The molecule has 1 aliphatic heterocycles. The minimum Gasteiger partial charge on any atom is -0.352 e. The van der Waals surface area contributed by atoms with E-state index in [1.807, 2.05) is 36.4 Å². The highest BCUT2D eigenvalue weighted by Crippen LogP contribution is 2.45. The Kier molecular flexibility index (Phi) is 5.71. The average Bonchev–Trinajstić information content (AvgIpc) is 2.78. The molecule has 1 aromatic carbocycles. The zero-order chi connectivity index (χ0) is 21.1. The first-order valence-corrected chi connectivity index (χ1v) is 10.1. The van der Waals surface area contributed by atoms with Gasteiger partial charge in [-0.1, -0.05) is 36.4 Å². The van der Waals surface area contributed by atoms with Gasteiger partial charge in [0.2, 0.25) is 5.91 Å². The van der Waals surface area contributed by atoms with Gasteiger partial charge in [-0.05, 0) is 54.5 Å². The molecular formula is C24H22FN3O2. The number of fused-ring (bicyclic) bond motifs is 1. The molecule has 0 radical (unpaired) electrons. The number of benzene rings is 1. The van der Waals surface area contributed by atoms with Crippen molar-refractivity contribution in [2.24, 2.45) is 11.8 Å². The van der Waals surface area contributed by atoms with Gasteiger partial charge in [0.05, 0.1) is 0 Å². The Hall–Kier alpha value is -3.33. The fourth-order valence-corrected chi connectivity index (χ4v) is 4.68. The van der Waals surface area contributed by atoms with E-state index in [-0.39, 0.29) is 29.6 Å². The van der Waals surface area contributed by atoms with Crippen LogP contribution in [0.3, 0.4) is 0 Å². The number of nitrogens with one attached hydrogen (secondary N) is 1. The van der Waals surface area contributed by atoms with Crippen molar-refractivity contribution in [3.63, 3.8) is 0 Å². The van der Waals surface area contributed by atoms with Crippen LogP contribution in [-0.4, -0.2) is 28.9 Å². The zero-order valence-corrected chi connectivity index (χ0v) is 16.4. The Bertz CT molecular complexity index is 997. The maximum absolute atomic E-state index is 14.3. The van der Waals surface area contributed by atoms with E-state index in [0.717, 1.165) is 5.56 Å². The number of aromatic nitrogens is 1. The zero-order valence-electron chi connectivity index (χ0n) is 16.4. The molecule has 1 aromatic heterocycles. The molecule has 5 nitrogen and oxygen atoms in total. The molecule has 2 aliphatic rings. The van der Waals surface area contributed by atoms with Crippen LogP contribution in [0, 0.1) is 23.2 Å². The number of carbonyl (C=O) groups excluding carboxylic acids is 2. The van der Waals surface area contributed by atoms with Crippen molar-refractivity contribution in [3.8, 4) is 6.07 Å². The number of rotatable bonds is 4. The van der Waals surface area contributed by atoms with Gasteiger partial charge < -0.3 is 5.32 Å². The fourth-order valence-electron chi connectivity index (χ4n) is 4.68. The molecule has 0 bridgehead atoms. The fraction of sp³-hybridized carbons (Fsp3) is 0.333. The molecule has 30 heavy (non-hydrogen) atoms. The molecule has 2 aromatic rings. The maximum atomic E-state index is 14.3. The summed E-state index contributed by atoms with van der Waals surface area (Å²) in [4.78, 5) is 30.1. The number of hydrogen-bond acceptors (Lipinski definition) is 4. The van der Waals surface area contributed by atoms with E-state index in [9.17, 15) is 14.0 Å². The van der Waals surface area contributed by atoms with Crippen LogP contribution in [0.2, 0.25) is 0 Å². The Morgan fingerprint density at radius 2 is 2.00 bits per heavy atom. The summed E-state index contributed by atoms with van der Waals surface area (Å²) >= 11 is 0. The Balaban J connectivity index is 1.64. The van der Waals surface area contributed by atoms with Crippen LogP contribution in [0.4, 0.5) is 4.39 Å². The van der Waals surface area contributed by atoms with Gasteiger partial charge in [-0.25, -0.2) is 9.37 Å². The number of allylic oxidation sites excluding steroid dienone is 1. The van der Waals surface area contributed by atoms with Crippen LogP contribution < -0.4 is 5.32 Å². The number of halogens is 1. The quantitative estimate of drug-likeness (QED) is 0.625. The largest absolute Gasteiger partial charge is 0.352 e. The Morgan fingerprint density at radius 3 is 2.70 bits per heavy atom. The maximum Gasteiger partial charge on any atom is 0.231 e. The van der Waals surface area contributed by atoms with Crippen LogP contribution in [0.1, 0.15) is 42.0 Å². The van der Waals surface area contributed by atoms with Crippen molar-refractivity contribution in [2.75, 3.05) is 0 Å². The number of carbonyl (C=O) groups is 2. The number of ketones is 1. The molecule has 2 fully saturated rings. The lowest BCUT2D eigenvalue weighted by atomic mass is 9.64. The van der Waals surface area contributed by atoms with Crippen molar-refractivity contribution >= 4 is 17.8 Å². The number of amides is 1. The highest BCUT2D eigenvalue weighted by molar-refractivity contribution is 6.09. The van der Waals surface area contributed by atoms with Gasteiger partial charge in [0.15, 0.2) is 5.78 Å². The molecule has 0 spiro atoms. The molecular weight excluding hydrogens is 381 g/mol. The third-order valence-corrected chi connectivity index (χ3v) is 6.10. The van der Waals surface area contributed by atoms with E-state index in [0.29, 0.717) is 30.5 Å². The van der Waals surface area contributed by atoms with Crippen molar-refractivity contribution in [2.45, 2.75) is 37.4 Å². The Morgan fingerprint density at radius 1 is 1.20 bits per heavy atom. The van der Waals surface area contributed by atoms with Crippen molar-refractivity contribution in [1.29, 1.82) is 5.26 Å². The van der Waals surface area contributed by atoms with E-state index < -0.39 is 12.1 Å². The van der Waals surface area contributed by atoms with Gasteiger partial charge in [-0.15, -0.1) is 0 Å². The van der Waals surface area contributed by atoms with Crippen LogP contribution in [-0.2, 0) is 9.59 Å². The lowest BCUT2D eigenvalue weighted by molar-refractivity contribution is -0.138. The standard InChI is InChI=1S/C24H22FN3O2/c25-17-8-10-20-19(12-17)22(16-4-2-1-3-5-16)23(24(30)28-20)21(29)11-7-15-6-9-18(13-26)27-14-15/h1-7,9,11,14,17,19-20,22-23H,8,10,12H2,(H,28,30)/b11-7+. The average molecular weight is 403 g/mol. The molecule has 1 saturated heterocycles. The lowest BCUT2D eigenvalue weighted by Gasteiger charge is -2.45. The topological polar surface area (TPSA) is 82.8 Å². The summed E-state index contributed by atoms with van der Waals surface area (Å²) < 4.78 is 14.3. The lowest BCUT2D eigenvalue weighted by Crippen LogP contribution is -2.57. The van der Waals surface area contributed by atoms with Gasteiger partial charge in [0.25, 0.3) is 0 Å². The predicted molar refractivity (Wildman–Crippen MR) is 110 cm³/mol. The molecule has 5 atom stereocenters. The summed E-state index contributed by atoms with van der Waals surface area (Å²) in [5.74, 6) is -1.99. The van der Waals surface area contributed by atoms with Crippen molar-refractivity contribution < 1.29 is 14.0 Å². The minimum atomic E-state index is -0.913. The van der Waals surface area contributed by atoms with Gasteiger partial charge >= 0.3 is 0 Å². The molecule has 2 heterocycles. The summed E-state index contributed by atoms with van der Waals surface area (Å²) in [6, 6.07) is 14.6. The molecule has 5 unspecified atom stereocenters. The molecule has 1 amide bonds. The van der Waals surface area contributed by atoms with Crippen LogP contribution in [0.5, 0.6) is 0 Å². The summed E-state index contributed by atoms with van der Waals surface area (Å²) in [5.41, 5.74) is 1.84. The van der Waals surface area contributed by atoms with Crippen molar-refractivity contribution in [3.05, 3.63) is 71.6 Å².